The van der Waals surface area contributed by atoms with Gasteiger partial charge in [-0.2, -0.15) is 4.98 Å². The minimum absolute atomic E-state index is 0.00769. The van der Waals surface area contributed by atoms with Crippen molar-refractivity contribution in [3.63, 3.8) is 0 Å². The molecular formula is C29H31FN8O4. The summed E-state index contributed by atoms with van der Waals surface area (Å²) in [6, 6.07) is 8.03. The molecule has 1 unspecified atom stereocenters. The monoisotopic (exact) mass is 574 g/mol. The van der Waals surface area contributed by atoms with E-state index in [0.29, 0.717) is 34.2 Å². The molecule has 218 valence electrons. The molecule has 0 aliphatic carbocycles. The first-order valence-corrected chi connectivity index (χ1v) is 13.2. The standard InChI is InChI=1S/C29H31FN8O4/c1-6-25(39)33-20-12-21(23(41-5)13-22(20)38-10-9-19(16-38)36(2)3)34-29-32-14-17-11-24(28(40)37(4)27(17)35-29)42-26-8-7-18(30)15-31-26/h6-8,11-15,19H,1,9-10,16H2,2-5H3,(H,33,39)(H,32,34,35). The van der Waals surface area contributed by atoms with Crippen molar-refractivity contribution in [3.05, 3.63) is 71.6 Å². The highest BCUT2D eigenvalue weighted by Crippen LogP contribution is 2.39. The molecule has 1 aromatic carbocycles. The van der Waals surface area contributed by atoms with Gasteiger partial charge in [-0.3, -0.25) is 14.2 Å². The number of carbonyl (C=O) groups is 1. The lowest BCUT2D eigenvalue weighted by Gasteiger charge is -2.25. The molecule has 3 aromatic heterocycles. The van der Waals surface area contributed by atoms with Crippen LogP contribution < -0.4 is 30.6 Å². The quantitative estimate of drug-likeness (QED) is 0.286. The summed E-state index contributed by atoms with van der Waals surface area (Å²) in [6.45, 7) is 5.19. The van der Waals surface area contributed by atoms with Gasteiger partial charge in [0.15, 0.2) is 5.75 Å². The molecule has 0 spiro atoms. The van der Waals surface area contributed by atoms with Crippen molar-refractivity contribution >= 4 is 40.0 Å². The second-order valence-corrected chi connectivity index (χ2v) is 10.0. The second kappa shape index (κ2) is 11.8. The Hall–Kier alpha value is -5.04. The molecule has 42 heavy (non-hydrogen) atoms. The fourth-order valence-electron chi connectivity index (χ4n) is 4.77. The molecule has 1 saturated heterocycles. The number of aromatic nitrogens is 4. The number of halogens is 1. The number of pyridine rings is 2. The Balaban J connectivity index is 1.48. The van der Waals surface area contributed by atoms with E-state index in [-0.39, 0.29) is 23.5 Å². The molecule has 4 aromatic rings. The van der Waals surface area contributed by atoms with Crippen LogP contribution in [0.15, 0.2) is 60.2 Å². The van der Waals surface area contributed by atoms with Crippen molar-refractivity contribution in [2.75, 3.05) is 49.8 Å². The lowest BCUT2D eigenvalue weighted by molar-refractivity contribution is -0.111. The SMILES string of the molecule is C=CC(=O)Nc1cc(Nc2ncc3cc(Oc4ccc(F)cn4)c(=O)n(C)c3n2)c(OC)cc1N1CCC(N(C)C)C1. The predicted octanol–water partition coefficient (Wildman–Crippen LogP) is 3.67. The van der Waals surface area contributed by atoms with Crippen molar-refractivity contribution in [1.82, 2.24) is 24.4 Å². The third-order valence-electron chi connectivity index (χ3n) is 7.07. The summed E-state index contributed by atoms with van der Waals surface area (Å²) in [5.41, 5.74) is 1.79. The minimum Gasteiger partial charge on any atom is -0.494 e. The fraction of sp³-hybridized carbons (Fsp3) is 0.276. The number of carbonyl (C=O) groups excluding carboxylic acids is 1. The van der Waals surface area contributed by atoms with Gasteiger partial charge in [-0.05, 0) is 44.8 Å². The third kappa shape index (κ3) is 5.86. The third-order valence-corrected chi connectivity index (χ3v) is 7.07. The van der Waals surface area contributed by atoms with Crippen LogP contribution in [-0.4, -0.2) is 70.7 Å². The van der Waals surface area contributed by atoms with Gasteiger partial charge in [0.1, 0.15) is 17.2 Å². The molecule has 1 fully saturated rings. The Labute approximate surface area is 241 Å². The first kappa shape index (κ1) is 28.5. The molecule has 0 saturated carbocycles. The molecule has 5 rings (SSSR count). The number of hydrogen-bond acceptors (Lipinski definition) is 10. The van der Waals surface area contributed by atoms with E-state index < -0.39 is 11.4 Å². The summed E-state index contributed by atoms with van der Waals surface area (Å²) in [6.07, 6.45) is 4.75. The van der Waals surface area contributed by atoms with E-state index >= 15 is 0 Å². The van der Waals surface area contributed by atoms with E-state index in [4.69, 9.17) is 9.47 Å². The predicted molar refractivity (Wildman–Crippen MR) is 158 cm³/mol. The van der Waals surface area contributed by atoms with E-state index in [2.05, 4.69) is 56.1 Å². The molecule has 13 heteroatoms. The summed E-state index contributed by atoms with van der Waals surface area (Å²) in [4.78, 5) is 42.5. The number of rotatable bonds is 9. The first-order chi connectivity index (χ1) is 20.2. The molecule has 1 atom stereocenters. The van der Waals surface area contributed by atoms with Gasteiger partial charge in [-0.15, -0.1) is 0 Å². The number of nitrogens with zero attached hydrogens (tertiary/aromatic N) is 6. The maximum Gasteiger partial charge on any atom is 0.295 e. The Morgan fingerprint density at radius 2 is 1.98 bits per heavy atom. The lowest BCUT2D eigenvalue weighted by atomic mass is 10.2. The molecule has 1 aliphatic rings. The first-order valence-electron chi connectivity index (χ1n) is 13.2. The number of nitrogens with one attached hydrogen (secondary N) is 2. The maximum atomic E-state index is 13.2. The van der Waals surface area contributed by atoms with Crippen LogP contribution >= 0.6 is 0 Å². The van der Waals surface area contributed by atoms with E-state index in [1.165, 1.54) is 28.8 Å². The number of ether oxygens (including phenoxy) is 2. The van der Waals surface area contributed by atoms with Crippen LogP contribution in [0.2, 0.25) is 0 Å². The smallest absolute Gasteiger partial charge is 0.295 e. The van der Waals surface area contributed by atoms with Crippen LogP contribution in [0.1, 0.15) is 6.42 Å². The Morgan fingerprint density at radius 3 is 2.64 bits per heavy atom. The van der Waals surface area contributed by atoms with Gasteiger partial charge in [0.25, 0.3) is 5.56 Å². The van der Waals surface area contributed by atoms with Gasteiger partial charge in [-0.25, -0.2) is 14.4 Å². The molecule has 1 aliphatic heterocycles. The van der Waals surface area contributed by atoms with Crippen LogP contribution in [0, 0.1) is 5.82 Å². The zero-order chi connectivity index (χ0) is 30.0. The largest absolute Gasteiger partial charge is 0.494 e. The average molecular weight is 575 g/mol. The number of aryl methyl sites for hydroxylation is 1. The molecule has 1 amide bonds. The van der Waals surface area contributed by atoms with Crippen molar-refractivity contribution in [3.8, 4) is 17.4 Å². The Bertz CT molecular complexity index is 1710. The summed E-state index contributed by atoms with van der Waals surface area (Å²) >= 11 is 0. The summed E-state index contributed by atoms with van der Waals surface area (Å²) < 4.78 is 25.8. The van der Waals surface area contributed by atoms with E-state index in [1.807, 2.05) is 6.07 Å². The van der Waals surface area contributed by atoms with Gasteiger partial charge in [0.05, 0.1) is 30.4 Å². The van der Waals surface area contributed by atoms with Crippen LogP contribution in [0.3, 0.4) is 0 Å². The van der Waals surface area contributed by atoms with E-state index in [1.54, 1.807) is 26.4 Å². The number of benzene rings is 1. The van der Waals surface area contributed by atoms with Crippen LogP contribution in [0.4, 0.5) is 27.4 Å². The normalized spacial score (nSPS) is 14.7. The lowest BCUT2D eigenvalue weighted by Crippen LogP contribution is -2.31. The minimum atomic E-state index is -0.516. The number of fused-ring (bicyclic) bond motifs is 1. The number of amides is 1. The van der Waals surface area contributed by atoms with Crippen molar-refractivity contribution < 1.29 is 18.7 Å². The second-order valence-electron chi connectivity index (χ2n) is 10.0. The van der Waals surface area contributed by atoms with Gasteiger partial charge >= 0.3 is 0 Å². The number of likely N-dealkylation sites (N-methyl/N-ethyl adjacent to an activating group) is 1. The van der Waals surface area contributed by atoms with Gasteiger partial charge < -0.3 is 29.9 Å². The Kier molecular flexibility index (Phi) is 8.02. The summed E-state index contributed by atoms with van der Waals surface area (Å²) in [7, 11) is 7.22. The van der Waals surface area contributed by atoms with Crippen LogP contribution in [0.25, 0.3) is 11.0 Å². The highest BCUT2D eigenvalue weighted by molar-refractivity contribution is 6.02. The van der Waals surface area contributed by atoms with Crippen molar-refractivity contribution in [1.29, 1.82) is 0 Å². The number of anilines is 4. The zero-order valence-corrected chi connectivity index (χ0v) is 23.7. The van der Waals surface area contributed by atoms with Gasteiger partial charge in [0.2, 0.25) is 17.7 Å². The van der Waals surface area contributed by atoms with Gasteiger partial charge in [-0.1, -0.05) is 6.58 Å². The summed E-state index contributed by atoms with van der Waals surface area (Å²) in [5, 5.41) is 6.59. The van der Waals surface area contributed by atoms with E-state index in [9.17, 15) is 14.0 Å². The Morgan fingerprint density at radius 1 is 1.17 bits per heavy atom. The number of hydrogen-bond donors (Lipinski definition) is 2. The fourth-order valence-corrected chi connectivity index (χ4v) is 4.77. The average Bonchev–Trinajstić information content (AvgIpc) is 3.48. The van der Waals surface area contributed by atoms with Gasteiger partial charge in [0, 0.05) is 49.9 Å². The maximum absolute atomic E-state index is 13.2. The van der Waals surface area contributed by atoms with Crippen molar-refractivity contribution in [2.45, 2.75) is 12.5 Å². The van der Waals surface area contributed by atoms with Crippen LogP contribution in [0.5, 0.6) is 17.4 Å². The van der Waals surface area contributed by atoms with Crippen molar-refractivity contribution in [2.24, 2.45) is 7.05 Å². The molecule has 12 nitrogen and oxygen atoms in total. The molecule has 0 bridgehead atoms. The molecule has 0 radical (unpaired) electrons. The highest BCUT2D eigenvalue weighted by Gasteiger charge is 2.27. The summed E-state index contributed by atoms with van der Waals surface area (Å²) in [5.74, 6) is -0.0747. The molecule has 4 heterocycles. The zero-order valence-electron chi connectivity index (χ0n) is 23.7. The molecule has 2 N–H and O–H groups in total. The number of methoxy groups -OCH3 is 1. The van der Waals surface area contributed by atoms with E-state index in [0.717, 1.165) is 31.4 Å². The highest BCUT2D eigenvalue weighted by atomic mass is 19.1. The topological polar surface area (TPSA) is 127 Å². The molecular weight excluding hydrogens is 543 g/mol. The van der Waals surface area contributed by atoms with Crippen LogP contribution in [-0.2, 0) is 11.8 Å².